The van der Waals surface area contributed by atoms with Crippen LogP contribution in [0.5, 0.6) is 5.75 Å². The van der Waals surface area contributed by atoms with E-state index in [0.717, 1.165) is 11.3 Å². The lowest BCUT2D eigenvalue weighted by Gasteiger charge is -2.08. The van der Waals surface area contributed by atoms with Crippen molar-refractivity contribution >= 4 is 0 Å². The lowest BCUT2D eigenvalue weighted by molar-refractivity contribution is 0.0705. The molecule has 0 aliphatic carbocycles. The van der Waals surface area contributed by atoms with Gasteiger partial charge in [-0.15, -0.1) is 0 Å². The topological polar surface area (TPSA) is 58.9 Å². The first kappa shape index (κ1) is 13.0. The van der Waals surface area contributed by atoms with Gasteiger partial charge in [0.05, 0.1) is 25.9 Å². The maximum Gasteiger partial charge on any atom is 0.119 e. The van der Waals surface area contributed by atoms with Crippen molar-refractivity contribution in [2.45, 2.75) is 13.0 Å². The number of aliphatic hydroxyl groups is 2. The van der Waals surface area contributed by atoms with Crippen LogP contribution in [0.2, 0.25) is 0 Å². The standard InChI is InChI=1S/C12H18O4/c1-10(14)11-2-4-12(5-3-11)16-9-8-15-7-6-13/h2-5,10,13-14H,6-9H2,1H3/t10-/m1/s1. The van der Waals surface area contributed by atoms with Crippen LogP contribution in [-0.4, -0.2) is 36.6 Å². The van der Waals surface area contributed by atoms with Gasteiger partial charge < -0.3 is 19.7 Å². The van der Waals surface area contributed by atoms with Crippen molar-refractivity contribution in [1.29, 1.82) is 0 Å². The van der Waals surface area contributed by atoms with E-state index in [2.05, 4.69) is 0 Å². The Balaban J connectivity index is 2.27. The Hall–Kier alpha value is -1.10. The van der Waals surface area contributed by atoms with Gasteiger partial charge in [0.2, 0.25) is 0 Å². The van der Waals surface area contributed by atoms with E-state index in [-0.39, 0.29) is 6.61 Å². The first-order valence-electron chi connectivity index (χ1n) is 5.33. The van der Waals surface area contributed by atoms with Gasteiger partial charge in [-0.2, -0.15) is 0 Å². The molecule has 0 aliphatic rings. The van der Waals surface area contributed by atoms with Gasteiger partial charge in [0.1, 0.15) is 12.4 Å². The quantitative estimate of drug-likeness (QED) is 0.684. The molecule has 1 atom stereocenters. The number of benzene rings is 1. The van der Waals surface area contributed by atoms with Crippen LogP contribution in [-0.2, 0) is 4.74 Å². The van der Waals surface area contributed by atoms with Crippen molar-refractivity contribution in [3.63, 3.8) is 0 Å². The molecule has 0 saturated carbocycles. The molecule has 0 aromatic heterocycles. The van der Waals surface area contributed by atoms with Crippen LogP contribution in [0.15, 0.2) is 24.3 Å². The fourth-order valence-electron chi connectivity index (χ4n) is 1.23. The van der Waals surface area contributed by atoms with Gasteiger partial charge in [0.15, 0.2) is 0 Å². The predicted octanol–water partition coefficient (Wildman–Crippen LogP) is 1.13. The molecule has 0 amide bonds. The van der Waals surface area contributed by atoms with E-state index in [1.807, 2.05) is 24.3 Å². The zero-order valence-corrected chi connectivity index (χ0v) is 9.43. The van der Waals surface area contributed by atoms with Crippen molar-refractivity contribution < 1.29 is 19.7 Å². The van der Waals surface area contributed by atoms with Crippen molar-refractivity contribution in [1.82, 2.24) is 0 Å². The van der Waals surface area contributed by atoms with Crippen LogP contribution in [0.25, 0.3) is 0 Å². The number of rotatable bonds is 7. The number of hydrogen-bond acceptors (Lipinski definition) is 4. The average Bonchev–Trinajstić information content (AvgIpc) is 2.29. The van der Waals surface area contributed by atoms with E-state index in [9.17, 15) is 5.11 Å². The molecule has 16 heavy (non-hydrogen) atoms. The van der Waals surface area contributed by atoms with Crippen LogP contribution in [0.4, 0.5) is 0 Å². The monoisotopic (exact) mass is 226 g/mol. The Morgan fingerprint density at radius 2 is 1.81 bits per heavy atom. The third-order valence-electron chi connectivity index (χ3n) is 2.09. The van der Waals surface area contributed by atoms with Gasteiger partial charge >= 0.3 is 0 Å². The molecule has 0 heterocycles. The first-order valence-corrected chi connectivity index (χ1v) is 5.33. The van der Waals surface area contributed by atoms with E-state index in [4.69, 9.17) is 14.6 Å². The Morgan fingerprint density at radius 3 is 2.38 bits per heavy atom. The summed E-state index contributed by atoms with van der Waals surface area (Å²) in [6.45, 7) is 3.00. The number of hydrogen-bond donors (Lipinski definition) is 2. The molecule has 4 nitrogen and oxygen atoms in total. The van der Waals surface area contributed by atoms with E-state index >= 15 is 0 Å². The highest BCUT2D eigenvalue weighted by molar-refractivity contribution is 5.28. The fraction of sp³-hybridized carbons (Fsp3) is 0.500. The summed E-state index contributed by atoms with van der Waals surface area (Å²) in [6, 6.07) is 7.28. The normalized spacial score (nSPS) is 12.4. The summed E-state index contributed by atoms with van der Waals surface area (Å²) in [5.74, 6) is 0.747. The molecule has 4 heteroatoms. The van der Waals surface area contributed by atoms with Crippen molar-refractivity contribution in [2.75, 3.05) is 26.4 Å². The minimum Gasteiger partial charge on any atom is -0.491 e. The van der Waals surface area contributed by atoms with Gasteiger partial charge in [-0.05, 0) is 24.6 Å². The Labute approximate surface area is 95.4 Å². The second kappa shape index (κ2) is 7.22. The maximum absolute atomic E-state index is 9.30. The molecule has 0 unspecified atom stereocenters. The summed E-state index contributed by atoms with van der Waals surface area (Å²) in [4.78, 5) is 0. The third-order valence-corrected chi connectivity index (χ3v) is 2.09. The lowest BCUT2D eigenvalue weighted by atomic mass is 10.1. The van der Waals surface area contributed by atoms with Gasteiger partial charge in [-0.1, -0.05) is 12.1 Å². The van der Waals surface area contributed by atoms with Gasteiger partial charge in [-0.3, -0.25) is 0 Å². The Kier molecular flexibility index (Phi) is 5.85. The minimum absolute atomic E-state index is 0.0308. The van der Waals surface area contributed by atoms with E-state index in [0.29, 0.717) is 19.8 Å². The SMILES string of the molecule is C[C@@H](O)c1ccc(OCCOCCO)cc1. The van der Waals surface area contributed by atoms with Crippen molar-refractivity contribution in [3.8, 4) is 5.75 Å². The van der Waals surface area contributed by atoms with Crippen LogP contribution in [0.1, 0.15) is 18.6 Å². The highest BCUT2D eigenvalue weighted by Crippen LogP contribution is 2.16. The highest BCUT2D eigenvalue weighted by Gasteiger charge is 2.00. The molecule has 0 aliphatic heterocycles. The molecule has 2 N–H and O–H groups in total. The highest BCUT2D eigenvalue weighted by atomic mass is 16.5. The van der Waals surface area contributed by atoms with Gasteiger partial charge in [-0.25, -0.2) is 0 Å². The maximum atomic E-state index is 9.30. The smallest absolute Gasteiger partial charge is 0.119 e. The molecule has 0 saturated heterocycles. The first-order chi connectivity index (χ1) is 7.74. The molecule has 0 spiro atoms. The van der Waals surface area contributed by atoms with E-state index in [1.54, 1.807) is 6.92 Å². The fourth-order valence-corrected chi connectivity index (χ4v) is 1.23. The molecule has 1 rings (SSSR count). The van der Waals surface area contributed by atoms with Gasteiger partial charge in [0.25, 0.3) is 0 Å². The molecular weight excluding hydrogens is 208 g/mol. The number of ether oxygens (including phenoxy) is 2. The predicted molar refractivity (Wildman–Crippen MR) is 60.5 cm³/mol. The Bertz CT molecular complexity index is 282. The van der Waals surface area contributed by atoms with Crippen LogP contribution in [0.3, 0.4) is 0 Å². The van der Waals surface area contributed by atoms with E-state index in [1.165, 1.54) is 0 Å². The summed E-state index contributed by atoms with van der Waals surface area (Å²) in [5, 5.41) is 17.8. The van der Waals surface area contributed by atoms with E-state index < -0.39 is 6.10 Å². The zero-order valence-electron chi connectivity index (χ0n) is 9.43. The molecule has 90 valence electrons. The zero-order chi connectivity index (χ0) is 11.8. The van der Waals surface area contributed by atoms with Crippen molar-refractivity contribution in [3.05, 3.63) is 29.8 Å². The third kappa shape index (κ3) is 4.61. The van der Waals surface area contributed by atoms with Crippen LogP contribution >= 0.6 is 0 Å². The van der Waals surface area contributed by atoms with Gasteiger partial charge in [0, 0.05) is 0 Å². The molecular formula is C12H18O4. The summed E-state index contributed by atoms with van der Waals surface area (Å²) in [7, 11) is 0. The summed E-state index contributed by atoms with van der Waals surface area (Å²) in [5.41, 5.74) is 0.865. The van der Waals surface area contributed by atoms with Crippen LogP contribution in [0, 0.1) is 0 Å². The lowest BCUT2D eigenvalue weighted by Crippen LogP contribution is -2.09. The summed E-state index contributed by atoms with van der Waals surface area (Å²) in [6.07, 6.45) is -0.457. The number of aliphatic hydroxyl groups excluding tert-OH is 2. The van der Waals surface area contributed by atoms with Crippen molar-refractivity contribution in [2.24, 2.45) is 0 Å². The average molecular weight is 226 g/mol. The molecule has 1 aromatic carbocycles. The Morgan fingerprint density at radius 1 is 1.12 bits per heavy atom. The molecule has 0 fully saturated rings. The molecule has 0 bridgehead atoms. The molecule has 1 aromatic rings. The second-order valence-corrected chi connectivity index (χ2v) is 3.43. The molecule has 0 radical (unpaired) electrons. The minimum atomic E-state index is -0.457. The summed E-state index contributed by atoms with van der Waals surface area (Å²) < 4.78 is 10.5. The summed E-state index contributed by atoms with van der Waals surface area (Å²) >= 11 is 0. The second-order valence-electron chi connectivity index (χ2n) is 3.43. The van der Waals surface area contributed by atoms with Crippen LogP contribution < -0.4 is 4.74 Å². The largest absolute Gasteiger partial charge is 0.491 e.